The molecule has 2 aromatic rings. The first-order valence-electron chi connectivity index (χ1n) is 5.96. The fourth-order valence-electron chi connectivity index (χ4n) is 1.56. The molecule has 0 N–H and O–H groups in total. The highest BCUT2D eigenvalue weighted by atomic mass is 35.5. The predicted molar refractivity (Wildman–Crippen MR) is 81.9 cm³/mol. The third-order valence-corrected chi connectivity index (χ3v) is 4.92. The van der Waals surface area contributed by atoms with Crippen LogP contribution in [0.5, 0.6) is 0 Å². The quantitative estimate of drug-likeness (QED) is 0.555. The summed E-state index contributed by atoms with van der Waals surface area (Å²) in [6, 6.07) is 8.64. The van der Waals surface area contributed by atoms with Crippen molar-refractivity contribution in [2.24, 2.45) is 0 Å². The number of thiazole rings is 1. The van der Waals surface area contributed by atoms with Crippen LogP contribution in [0.15, 0.2) is 34.5 Å². The summed E-state index contributed by atoms with van der Waals surface area (Å²) in [6.07, 6.45) is 2.00. The van der Waals surface area contributed by atoms with Crippen LogP contribution in [0.1, 0.15) is 22.7 Å². The van der Waals surface area contributed by atoms with Crippen molar-refractivity contribution in [3.05, 3.63) is 45.9 Å². The molecule has 96 valence electrons. The summed E-state index contributed by atoms with van der Waals surface area (Å²) in [5.74, 6) is 1.67. The molecule has 18 heavy (non-hydrogen) atoms. The first-order valence-corrected chi connectivity index (χ1v) is 8.36. The third-order valence-electron chi connectivity index (χ3n) is 2.55. The Morgan fingerprint density at radius 1 is 1.28 bits per heavy atom. The molecular weight excluding hydrogens is 282 g/mol. The summed E-state index contributed by atoms with van der Waals surface area (Å²) in [5.41, 5.74) is 2.48. The number of benzene rings is 1. The maximum atomic E-state index is 5.68. The molecule has 0 spiro atoms. The lowest BCUT2D eigenvalue weighted by atomic mass is 10.2. The van der Waals surface area contributed by atoms with Gasteiger partial charge in [-0.1, -0.05) is 17.7 Å². The molecule has 1 heterocycles. The van der Waals surface area contributed by atoms with E-state index in [1.165, 1.54) is 21.2 Å². The highest BCUT2D eigenvalue weighted by Gasteiger charge is 2.03. The average molecular weight is 298 g/mol. The minimum Gasteiger partial charge on any atom is -0.245 e. The fraction of sp³-hybridized carbons (Fsp3) is 0.357. The average Bonchev–Trinajstić information content (AvgIpc) is 2.84. The van der Waals surface area contributed by atoms with Crippen molar-refractivity contribution in [3.63, 3.8) is 0 Å². The van der Waals surface area contributed by atoms with Gasteiger partial charge in [0.05, 0.1) is 11.4 Å². The maximum Gasteiger partial charge on any atom is 0.103 e. The first kappa shape index (κ1) is 13.9. The number of rotatable bonds is 6. The lowest BCUT2D eigenvalue weighted by Crippen LogP contribution is -1.87. The van der Waals surface area contributed by atoms with E-state index in [0.29, 0.717) is 5.88 Å². The highest BCUT2D eigenvalue weighted by molar-refractivity contribution is 7.98. The van der Waals surface area contributed by atoms with E-state index >= 15 is 0 Å². The number of aromatic nitrogens is 1. The highest BCUT2D eigenvalue weighted by Crippen LogP contribution is 2.25. The zero-order valence-electron chi connectivity index (χ0n) is 10.4. The smallest absolute Gasteiger partial charge is 0.103 e. The minimum atomic E-state index is 0.713. The summed E-state index contributed by atoms with van der Waals surface area (Å²) in [4.78, 5) is 5.92. The van der Waals surface area contributed by atoms with E-state index < -0.39 is 0 Å². The van der Waals surface area contributed by atoms with Gasteiger partial charge in [-0.3, -0.25) is 0 Å². The molecule has 0 bridgehead atoms. The van der Waals surface area contributed by atoms with Gasteiger partial charge in [-0.2, -0.15) is 0 Å². The Hall–Kier alpha value is -0.510. The fourth-order valence-corrected chi connectivity index (χ4v) is 3.44. The standard InChI is InChI=1S/C14H16ClNS2/c1-11-4-6-13(7-5-11)17-10-14-16-12(9-18-14)3-2-8-15/h4-7,9H,2-3,8,10H2,1H3. The van der Waals surface area contributed by atoms with Crippen molar-refractivity contribution in [1.29, 1.82) is 0 Å². The van der Waals surface area contributed by atoms with Gasteiger partial charge in [-0.25, -0.2) is 4.98 Å². The van der Waals surface area contributed by atoms with Gasteiger partial charge in [-0.15, -0.1) is 34.7 Å². The summed E-state index contributed by atoms with van der Waals surface area (Å²) in [7, 11) is 0. The van der Waals surface area contributed by atoms with Gasteiger partial charge < -0.3 is 0 Å². The van der Waals surface area contributed by atoms with Gasteiger partial charge in [0.1, 0.15) is 5.01 Å². The number of hydrogen-bond donors (Lipinski definition) is 0. The second-order valence-electron chi connectivity index (χ2n) is 4.13. The van der Waals surface area contributed by atoms with E-state index in [0.717, 1.165) is 18.6 Å². The molecule has 0 aliphatic rings. The molecule has 0 atom stereocenters. The number of thioether (sulfide) groups is 1. The summed E-state index contributed by atoms with van der Waals surface area (Å²) >= 11 is 9.27. The molecule has 0 fully saturated rings. The second-order valence-corrected chi connectivity index (χ2v) is 6.50. The number of aryl methyl sites for hydroxylation is 2. The Bertz CT molecular complexity index is 479. The van der Waals surface area contributed by atoms with Gasteiger partial charge in [0.25, 0.3) is 0 Å². The summed E-state index contributed by atoms with van der Waals surface area (Å²) in [5, 5.41) is 3.35. The normalized spacial score (nSPS) is 10.8. The van der Waals surface area contributed by atoms with Crippen LogP contribution in [0.4, 0.5) is 0 Å². The van der Waals surface area contributed by atoms with E-state index in [-0.39, 0.29) is 0 Å². The molecule has 0 unspecified atom stereocenters. The van der Waals surface area contributed by atoms with Crippen LogP contribution >= 0.6 is 34.7 Å². The van der Waals surface area contributed by atoms with Crippen LogP contribution in [-0.4, -0.2) is 10.9 Å². The SMILES string of the molecule is Cc1ccc(SCc2nc(CCCCl)cs2)cc1. The molecule has 0 aliphatic heterocycles. The van der Waals surface area contributed by atoms with Crippen molar-refractivity contribution < 1.29 is 0 Å². The Morgan fingerprint density at radius 2 is 2.06 bits per heavy atom. The molecular formula is C14H16ClNS2. The molecule has 0 saturated heterocycles. The molecule has 4 heteroatoms. The maximum absolute atomic E-state index is 5.68. The number of halogens is 1. The van der Waals surface area contributed by atoms with Crippen molar-refractivity contribution >= 4 is 34.7 Å². The molecule has 0 aliphatic carbocycles. The zero-order valence-corrected chi connectivity index (χ0v) is 12.7. The largest absolute Gasteiger partial charge is 0.245 e. The van der Waals surface area contributed by atoms with Crippen LogP contribution in [0.3, 0.4) is 0 Å². The molecule has 2 rings (SSSR count). The minimum absolute atomic E-state index is 0.713. The van der Waals surface area contributed by atoms with Crippen LogP contribution in [0, 0.1) is 6.92 Å². The Morgan fingerprint density at radius 3 is 2.78 bits per heavy atom. The number of nitrogens with zero attached hydrogens (tertiary/aromatic N) is 1. The Kier molecular flexibility index (Phi) is 5.54. The molecule has 0 amide bonds. The van der Waals surface area contributed by atoms with Gasteiger partial charge in [0.2, 0.25) is 0 Å². The van der Waals surface area contributed by atoms with E-state index in [1.54, 1.807) is 11.3 Å². The zero-order chi connectivity index (χ0) is 12.8. The van der Waals surface area contributed by atoms with E-state index in [2.05, 4.69) is 41.6 Å². The molecule has 0 radical (unpaired) electrons. The lowest BCUT2D eigenvalue weighted by Gasteiger charge is -1.99. The second kappa shape index (κ2) is 7.17. The van der Waals surface area contributed by atoms with Crippen LogP contribution in [0.25, 0.3) is 0 Å². The van der Waals surface area contributed by atoms with Crippen molar-refractivity contribution in [1.82, 2.24) is 4.98 Å². The third kappa shape index (κ3) is 4.30. The Balaban J connectivity index is 1.86. The Labute approximate surface area is 122 Å². The van der Waals surface area contributed by atoms with Gasteiger partial charge in [-0.05, 0) is 31.9 Å². The monoisotopic (exact) mass is 297 g/mol. The van der Waals surface area contributed by atoms with E-state index in [1.807, 2.05) is 11.8 Å². The lowest BCUT2D eigenvalue weighted by molar-refractivity contribution is 0.893. The molecule has 1 nitrogen and oxygen atoms in total. The number of alkyl halides is 1. The summed E-state index contributed by atoms with van der Waals surface area (Å²) < 4.78 is 0. The molecule has 1 aromatic carbocycles. The summed E-state index contributed by atoms with van der Waals surface area (Å²) in [6.45, 7) is 2.11. The van der Waals surface area contributed by atoms with Crippen molar-refractivity contribution in [3.8, 4) is 0 Å². The van der Waals surface area contributed by atoms with Crippen LogP contribution in [-0.2, 0) is 12.2 Å². The van der Waals surface area contributed by atoms with Crippen LogP contribution in [0.2, 0.25) is 0 Å². The van der Waals surface area contributed by atoms with Gasteiger partial charge in [0, 0.05) is 16.2 Å². The van der Waals surface area contributed by atoms with E-state index in [9.17, 15) is 0 Å². The van der Waals surface area contributed by atoms with Gasteiger partial charge >= 0.3 is 0 Å². The van der Waals surface area contributed by atoms with Gasteiger partial charge in [0.15, 0.2) is 0 Å². The van der Waals surface area contributed by atoms with Crippen molar-refractivity contribution in [2.75, 3.05) is 5.88 Å². The molecule has 1 aromatic heterocycles. The predicted octanol–water partition coefficient (Wildman–Crippen LogP) is 4.92. The molecule has 0 saturated carbocycles. The topological polar surface area (TPSA) is 12.9 Å². The first-order chi connectivity index (χ1) is 8.78. The van der Waals surface area contributed by atoms with E-state index in [4.69, 9.17) is 11.6 Å². The van der Waals surface area contributed by atoms with Crippen molar-refractivity contribution in [2.45, 2.75) is 30.4 Å². The van der Waals surface area contributed by atoms with Crippen LogP contribution < -0.4 is 0 Å². The number of hydrogen-bond acceptors (Lipinski definition) is 3.